The molecule has 0 atom stereocenters. The van der Waals surface area contributed by atoms with E-state index < -0.39 is 0 Å². The molecule has 3 rings (SSSR count). The smallest absolute Gasteiger partial charge is 0.205 e. The van der Waals surface area contributed by atoms with Crippen molar-refractivity contribution in [3.8, 4) is 0 Å². The number of hydrogen-bond donors (Lipinski definition) is 2. The zero-order valence-electron chi connectivity index (χ0n) is 13.2. The van der Waals surface area contributed by atoms with Crippen LogP contribution in [-0.4, -0.2) is 29.2 Å². The quantitative estimate of drug-likeness (QED) is 0.650. The number of thiazole rings is 1. The number of nitrogens with two attached hydrogens (primary N) is 1. The molecule has 2 aromatic rings. The minimum Gasteiger partial charge on any atom is -0.383 e. The van der Waals surface area contributed by atoms with E-state index in [-0.39, 0.29) is 0 Å². The molecule has 1 aromatic heterocycles. The Morgan fingerprint density at radius 2 is 2.09 bits per heavy atom. The fraction of sp³-hybridized carbons (Fsp3) is 0.412. The lowest BCUT2D eigenvalue weighted by atomic mass is 10.1. The molecule has 122 valence electrons. The number of aromatic nitrogens is 1. The van der Waals surface area contributed by atoms with Gasteiger partial charge in [-0.2, -0.15) is 5.10 Å². The molecule has 0 amide bonds. The molecule has 1 aromatic carbocycles. The third-order valence-electron chi connectivity index (χ3n) is 3.95. The molecule has 0 unspecified atom stereocenters. The molecule has 0 spiro atoms. The van der Waals surface area contributed by atoms with E-state index in [4.69, 9.17) is 5.73 Å². The summed E-state index contributed by atoms with van der Waals surface area (Å²) in [6.07, 6.45) is 7.21. The first kappa shape index (κ1) is 16.0. The lowest BCUT2D eigenvalue weighted by Crippen LogP contribution is -2.23. The number of likely N-dealkylation sites (tertiary alicyclic amines) is 1. The van der Waals surface area contributed by atoms with E-state index in [2.05, 4.69) is 44.7 Å². The molecule has 1 fully saturated rings. The van der Waals surface area contributed by atoms with Crippen LogP contribution in [0.4, 0.5) is 10.9 Å². The first-order chi connectivity index (χ1) is 11.3. The Hall–Kier alpha value is -1.92. The minimum atomic E-state index is 0.521. The average Bonchev–Trinajstić information content (AvgIpc) is 2.80. The maximum absolute atomic E-state index is 5.58. The third-order valence-corrected chi connectivity index (χ3v) is 4.72. The summed E-state index contributed by atoms with van der Waals surface area (Å²) < 4.78 is 0. The standard InChI is InChI=1S/C17H23N5S/c18-16-13-23-17(20-16)21-19-11-14-6-5-7-15(10-14)12-22-8-3-1-2-4-9-22/h5-7,10-11,13H,1-4,8-9,12,18H2,(H,20,21). The fourth-order valence-corrected chi connectivity index (χ4v) is 3.37. The first-order valence-corrected chi connectivity index (χ1v) is 8.99. The Labute approximate surface area is 141 Å². The molecule has 1 aliphatic heterocycles. The summed E-state index contributed by atoms with van der Waals surface area (Å²) in [5, 5.41) is 6.73. The normalized spacial score (nSPS) is 16.5. The van der Waals surface area contributed by atoms with Gasteiger partial charge in [0.15, 0.2) is 0 Å². The van der Waals surface area contributed by atoms with Gasteiger partial charge in [-0.25, -0.2) is 4.98 Å². The van der Waals surface area contributed by atoms with Crippen molar-refractivity contribution in [2.24, 2.45) is 5.10 Å². The second-order valence-electron chi connectivity index (χ2n) is 5.88. The SMILES string of the molecule is Nc1csc(NN=Cc2cccc(CN3CCCCCC3)c2)n1. The largest absolute Gasteiger partial charge is 0.383 e. The van der Waals surface area contributed by atoms with E-state index in [0.29, 0.717) is 10.9 Å². The lowest BCUT2D eigenvalue weighted by Gasteiger charge is -2.19. The zero-order valence-corrected chi connectivity index (χ0v) is 14.1. The molecule has 1 saturated heterocycles. The van der Waals surface area contributed by atoms with Crippen molar-refractivity contribution < 1.29 is 0 Å². The molecule has 0 radical (unpaired) electrons. The fourth-order valence-electron chi connectivity index (χ4n) is 2.82. The van der Waals surface area contributed by atoms with Crippen LogP contribution in [0, 0.1) is 0 Å². The summed E-state index contributed by atoms with van der Waals surface area (Å²) in [4.78, 5) is 6.67. The van der Waals surface area contributed by atoms with Crippen LogP contribution in [0.3, 0.4) is 0 Å². The molecular formula is C17H23N5S. The van der Waals surface area contributed by atoms with Crippen molar-refractivity contribution in [2.75, 3.05) is 24.2 Å². The van der Waals surface area contributed by atoms with Crippen molar-refractivity contribution in [3.63, 3.8) is 0 Å². The number of nitrogens with one attached hydrogen (secondary N) is 1. The van der Waals surface area contributed by atoms with Crippen LogP contribution in [0.1, 0.15) is 36.8 Å². The molecule has 6 heteroatoms. The Morgan fingerprint density at radius 3 is 2.83 bits per heavy atom. The van der Waals surface area contributed by atoms with Gasteiger partial charge in [0, 0.05) is 11.9 Å². The molecule has 0 bridgehead atoms. The molecule has 5 nitrogen and oxygen atoms in total. The van der Waals surface area contributed by atoms with Crippen LogP contribution in [0.15, 0.2) is 34.7 Å². The minimum absolute atomic E-state index is 0.521. The summed E-state index contributed by atoms with van der Waals surface area (Å²) in [7, 11) is 0. The van der Waals surface area contributed by atoms with Gasteiger partial charge in [-0.1, -0.05) is 31.0 Å². The van der Waals surface area contributed by atoms with Crippen molar-refractivity contribution in [1.82, 2.24) is 9.88 Å². The Balaban J connectivity index is 1.58. The average molecular weight is 329 g/mol. The van der Waals surface area contributed by atoms with Gasteiger partial charge in [0.05, 0.1) is 6.21 Å². The first-order valence-electron chi connectivity index (χ1n) is 8.11. The van der Waals surface area contributed by atoms with Gasteiger partial charge in [0.1, 0.15) is 5.82 Å². The van der Waals surface area contributed by atoms with Gasteiger partial charge in [-0.05, 0) is 43.1 Å². The monoisotopic (exact) mass is 329 g/mol. The molecule has 0 aliphatic carbocycles. The predicted molar refractivity (Wildman–Crippen MR) is 97.9 cm³/mol. The zero-order chi connectivity index (χ0) is 15.9. The summed E-state index contributed by atoms with van der Waals surface area (Å²) in [6.45, 7) is 3.45. The second kappa shape index (κ2) is 8.08. The maximum Gasteiger partial charge on any atom is 0.205 e. The van der Waals surface area contributed by atoms with Crippen LogP contribution in [-0.2, 0) is 6.54 Å². The Bertz CT molecular complexity index is 644. The third kappa shape index (κ3) is 5.04. The van der Waals surface area contributed by atoms with Crippen molar-refractivity contribution in [1.29, 1.82) is 0 Å². The highest BCUT2D eigenvalue weighted by Gasteiger charge is 2.09. The number of rotatable bonds is 5. The van der Waals surface area contributed by atoms with E-state index in [1.165, 1.54) is 55.7 Å². The number of benzene rings is 1. The van der Waals surface area contributed by atoms with Gasteiger partial charge >= 0.3 is 0 Å². The van der Waals surface area contributed by atoms with Crippen LogP contribution in [0.5, 0.6) is 0 Å². The van der Waals surface area contributed by atoms with E-state index in [1.807, 2.05) is 6.21 Å². The maximum atomic E-state index is 5.58. The van der Waals surface area contributed by atoms with E-state index in [1.54, 1.807) is 5.38 Å². The molecular weight excluding hydrogens is 306 g/mol. The Kier molecular flexibility index (Phi) is 5.60. The summed E-state index contributed by atoms with van der Waals surface area (Å²) in [6, 6.07) is 8.55. The molecule has 0 saturated carbocycles. The van der Waals surface area contributed by atoms with Crippen molar-refractivity contribution in [3.05, 3.63) is 40.8 Å². The van der Waals surface area contributed by atoms with Crippen molar-refractivity contribution >= 4 is 28.5 Å². The van der Waals surface area contributed by atoms with E-state index in [9.17, 15) is 0 Å². The van der Waals surface area contributed by atoms with Gasteiger partial charge in [-0.3, -0.25) is 10.3 Å². The number of anilines is 2. The Morgan fingerprint density at radius 1 is 1.26 bits per heavy atom. The highest BCUT2D eigenvalue weighted by atomic mass is 32.1. The van der Waals surface area contributed by atoms with Gasteiger partial charge in [0.25, 0.3) is 0 Å². The van der Waals surface area contributed by atoms with Crippen LogP contribution in [0.2, 0.25) is 0 Å². The van der Waals surface area contributed by atoms with Crippen LogP contribution < -0.4 is 11.2 Å². The predicted octanol–water partition coefficient (Wildman–Crippen LogP) is 3.55. The summed E-state index contributed by atoms with van der Waals surface area (Å²) >= 11 is 1.45. The number of hydrogen-bond acceptors (Lipinski definition) is 6. The molecule has 23 heavy (non-hydrogen) atoms. The summed E-state index contributed by atoms with van der Waals surface area (Å²) in [5.74, 6) is 0.521. The number of nitrogen functional groups attached to an aromatic ring is 1. The number of hydrazone groups is 1. The van der Waals surface area contributed by atoms with E-state index >= 15 is 0 Å². The lowest BCUT2D eigenvalue weighted by molar-refractivity contribution is 0.277. The van der Waals surface area contributed by atoms with Crippen LogP contribution >= 0.6 is 11.3 Å². The summed E-state index contributed by atoms with van der Waals surface area (Å²) in [5.41, 5.74) is 10.9. The molecule has 1 aliphatic rings. The highest BCUT2D eigenvalue weighted by molar-refractivity contribution is 7.14. The molecule has 2 heterocycles. The van der Waals surface area contributed by atoms with Crippen molar-refractivity contribution in [2.45, 2.75) is 32.2 Å². The van der Waals surface area contributed by atoms with Gasteiger partial charge < -0.3 is 5.73 Å². The van der Waals surface area contributed by atoms with Gasteiger partial charge in [-0.15, -0.1) is 11.3 Å². The van der Waals surface area contributed by atoms with E-state index in [0.717, 1.165) is 12.1 Å². The highest BCUT2D eigenvalue weighted by Crippen LogP contribution is 2.16. The van der Waals surface area contributed by atoms with Gasteiger partial charge in [0.2, 0.25) is 5.13 Å². The number of nitrogens with zero attached hydrogens (tertiary/aromatic N) is 3. The van der Waals surface area contributed by atoms with Crippen LogP contribution in [0.25, 0.3) is 0 Å². The topological polar surface area (TPSA) is 66.5 Å². The molecule has 3 N–H and O–H groups in total. The second-order valence-corrected chi connectivity index (χ2v) is 6.74.